The van der Waals surface area contributed by atoms with Crippen molar-refractivity contribution in [2.75, 3.05) is 5.33 Å². The van der Waals surface area contributed by atoms with Gasteiger partial charge in [-0.25, -0.2) is 0 Å². The normalized spacial score (nSPS) is 12.9. The van der Waals surface area contributed by atoms with E-state index in [1.54, 1.807) is 0 Å². The Labute approximate surface area is 93.4 Å². The highest BCUT2D eigenvalue weighted by Crippen LogP contribution is 2.17. The maximum absolute atomic E-state index is 6.08. The molecule has 0 spiro atoms. The molecule has 0 aliphatic rings. The third-order valence-corrected chi connectivity index (χ3v) is 3.79. The minimum atomic E-state index is 0.195. The number of rotatable bonds is 3. The third-order valence-electron chi connectivity index (χ3n) is 2.33. The quantitative estimate of drug-likeness (QED) is 0.725. The zero-order valence-electron chi connectivity index (χ0n) is 7.98. The number of halogens is 2. The number of aryl methyl sites for hydroxylation is 1. The van der Waals surface area contributed by atoms with Gasteiger partial charge in [0, 0.05) is 10.7 Å². The summed E-state index contributed by atoms with van der Waals surface area (Å²) < 4.78 is 0. The summed E-state index contributed by atoms with van der Waals surface area (Å²) in [5.41, 5.74) is 4.07. The van der Waals surface area contributed by atoms with Crippen LogP contribution in [-0.2, 0) is 6.42 Å². The minimum absolute atomic E-state index is 0.195. The maximum Gasteiger partial charge on any atom is 0.0473 e. The molecule has 0 nitrogen and oxygen atoms in total. The Hall–Kier alpha value is -0.0100. The molecule has 2 heteroatoms. The number of hydrogen-bond acceptors (Lipinski definition) is 0. The lowest BCUT2D eigenvalue weighted by molar-refractivity contribution is 0.935. The molecule has 0 N–H and O–H groups in total. The van der Waals surface area contributed by atoms with E-state index in [0.717, 1.165) is 11.8 Å². The Morgan fingerprint density at radius 1 is 1.38 bits per heavy atom. The van der Waals surface area contributed by atoms with Gasteiger partial charge in [0.05, 0.1) is 0 Å². The summed E-state index contributed by atoms with van der Waals surface area (Å²) in [5, 5.41) is 1.04. The van der Waals surface area contributed by atoms with E-state index in [9.17, 15) is 0 Å². The summed E-state index contributed by atoms with van der Waals surface area (Å²) in [4.78, 5) is 0. The molecule has 0 heterocycles. The summed E-state index contributed by atoms with van der Waals surface area (Å²) in [6, 6.07) is 6.38. The van der Waals surface area contributed by atoms with E-state index in [0.29, 0.717) is 0 Å². The van der Waals surface area contributed by atoms with Gasteiger partial charge in [-0.3, -0.25) is 0 Å². The summed E-state index contributed by atoms with van der Waals surface area (Å²) in [7, 11) is 0. The molecule has 0 aliphatic heterocycles. The van der Waals surface area contributed by atoms with Gasteiger partial charge in [-0.05, 0) is 37.0 Å². The highest BCUT2D eigenvalue weighted by molar-refractivity contribution is 9.09. The van der Waals surface area contributed by atoms with Crippen LogP contribution in [0.25, 0.3) is 0 Å². The topological polar surface area (TPSA) is 0 Å². The van der Waals surface area contributed by atoms with Crippen molar-refractivity contribution < 1.29 is 0 Å². The van der Waals surface area contributed by atoms with Gasteiger partial charge in [-0.15, -0.1) is 11.6 Å². The van der Waals surface area contributed by atoms with Crippen LogP contribution >= 0.6 is 27.5 Å². The van der Waals surface area contributed by atoms with Crippen LogP contribution in [0.1, 0.15) is 16.7 Å². The molecule has 1 aromatic carbocycles. The average molecular weight is 262 g/mol. The first kappa shape index (κ1) is 11.1. The predicted molar refractivity (Wildman–Crippen MR) is 63.1 cm³/mol. The van der Waals surface area contributed by atoms with Crippen molar-refractivity contribution in [1.82, 2.24) is 0 Å². The van der Waals surface area contributed by atoms with Crippen molar-refractivity contribution in [3.8, 4) is 0 Å². The molecule has 1 unspecified atom stereocenters. The van der Waals surface area contributed by atoms with Gasteiger partial charge in [-0.1, -0.05) is 34.1 Å². The smallest absolute Gasteiger partial charge is 0.0473 e. The minimum Gasteiger partial charge on any atom is -0.122 e. The molecule has 0 radical (unpaired) electrons. The highest BCUT2D eigenvalue weighted by atomic mass is 79.9. The second kappa shape index (κ2) is 5.02. The third kappa shape index (κ3) is 2.99. The molecule has 1 aromatic rings. The van der Waals surface area contributed by atoms with Crippen LogP contribution in [-0.4, -0.2) is 10.7 Å². The van der Waals surface area contributed by atoms with E-state index in [1.807, 2.05) is 0 Å². The van der Waals surface area contributed by atoms with Crippen LogP contribution < -0.4 is 0 Å². The fraction of sp³-hybridized carbons (Fsp3) is 0.455. The molecule has 0 saturated carbocycles. The molecular formula is C11H14BrCl. The standard InChI is InChI=1S/C11H14BrCl/c1-8-4-3-5-10(9(8)2)6-11(13)7-12/h3-5,11H,6-7H2,1-2H3. The molecule has 72 valence electrons. The first-order valence-electron chi connectivity index (χ1n) is 4.40. The Bertz CT molecular complexity index is 283. The van der Waals surface area contributed by atoms with Crippen molar-refractivity contribution in [3.63, 3.8) is 0 Å². The summed E-state index contributed by atoms with van der Waals surface area (Å²) in [6.07, 6.45) is 0.945. The van der Waals surface area contributed by atoms with Crippen LogP contribution in [0.15, 0.2) is 18.2 Å². The zero-order chi connectivity index (χ0) is 9.84. The van der Waals surface area contributed by atoms with Gasteiger partial charge in [0.15, 0.2) is 0 Å². The predicted octanol–water partition coefficient (Wildman–Crippen LogP) is 3.85. The van der Waals surface area contributed by atoms with Gasteiger partial charge in [0.1, 0.15) is 0 Å². The largest absolute Gasteiger partial charge is 0.122 e. The van der Waals surface area contributed by atoms with E-state index in [2.05, 4.69) is 48.0 Å². The average Bonchev–Trinajstić information content (AvgIpc) is 2.13. The molecule has 1 atom stereocenters. The van der Waals surface area contributed by atoms with Crippen molar-refractivity contribution in [2.24, 2.45) is 0 Å². The summed E-state index contributed by atoms with van der Waals surface area (Å²) in [5.74, 6) is 0. The monoisotopic (exact) mass is 260 g/mol. The SMILES string of the molecule is Cc1cccc(CC(Cl)CBr)c1C. The van der Waals surface area contributed by atoms with Gasteiger partial charge in [-0.2, -0.15) is 0 Å². The molecule has 0 fully saturated rings. The lowest BCUT2D eigenvalue weighted by Gasteiger charge is -2.10. The number of hydrogen-bond donors (Lipinski definition) is 0. The Kier molecular flexibility index (Phi) is 4.27. The van der Waals surface area contributed by atoms with Crippen molar-refractivity contribution >= 4 is 27.5 Å². The fourth-order valence-electron chi connectivity index (χ4n) is 1.33. The number of benzene rings is 1. The van der Waals surface area contributed by atoms with Gasteiger partial charge >= 0.3 is 0 Å². The van der Waals surface area contributed by atoms with Crippen molar-refractivity contribution in [1.29, 1.82) is 0 Å². The molecule has 13 heavy (non-hydrogen) atoms. The lowest BCUT2D eigenvalue weighted by Crippen LogP contribution is -2.06. The zero-order valence-corrected chi connectivity index (χ0v) is 10.3. The molecular weight excluding hydrogens is 247 g/mol. The Balaban J connectivity index is 2.83. The molecule has 1 rings (SSSR count). The highest BCUT2D eigenvalue weighted by Gasteiger charge is 2.06. The van der Waals surface area contributed by atoms with E-state index in [1.165, 1.54) is 16.7 Å². The van der Waals surface area contributed by atoms with E-state index in [-0.39, 0.29) is 5.38 Å². The first-order chi connectivity index (χ1) is 6.15. The van der Waals surface area contributed by atoms with E-state index >= 15 is 0 Å². The molecule has 0 bridgehead atoms. The molecule has 0 saturated heterocycles. The van der Waals surface area contributed by atoms with Crippen LogP contribution in [0.5, 0.6) is 0 Å². The lowest BCUT2D eigenvalue weighted by atomic mass is 10.00. The van der Waals surface area contributed by atoms with Crippen molar-refractivity contribution in [3.05, 3.63) is 34.9 Å². The molecule has 0 aliphatic carbocycles. The maximum atomic E-state index is 6.08. The molecule has 0 aromatic heterocycles. The van der Waals surface area contributed by atoms with Crippen molar-refractivity contribution in [2.45, 2.75) is 25.6 Å². The molecule has 0 amide bonds. The van der Waals surface area contributed by atoms with Crippen LogP contribution in [0, 0.1) is 13.8 Å². The van der Waals surface area contributed by atoms with Crippen LogP contribution in [0.4, 0.5) is 0 Å². The van der Waals surface area contributed by atoms with Gasteiger partial charge in [0.25, 0.3) is 0 Å². The Morgan fingerprint density at radius 2 is 2.08 bits per heavy atom. The second-order valence-electron chi connectivity index (χ2n) is 3.31. The second-order valence-corrected chi connectivity index (χ2v) is 4.58. The van der Waals surface area contributed by atoms with E-state index < -0.39 is 0 Å². The number of alkyl halides is 2. The van der Waals surface area contributed by atoms with Crippen LogP contribution in [0.3, 0.4) is 0 Å². The fourth-order valence-corrected chi connectivity index (χ4v) is 1.72. The first-order valence-corrected chi connectivity index (χ1v) is 5.96. The summed E-state index contributed by atoms with van der Waals surface area (Å²) >= 11 is 9.46. The van der Waals surface area contributed by atoms with Gasteiger partial charge < -0.3 is 0 Å². The van der Waals surface area contributed by atoms with E-state index in [4.69, 9.17) is 11.6 Å². The van der Waals surface area contributed by atoms with Crippen LogP contribution in [0.2, 0.25) is 0 Å². The summed E-state index contributed by atoms with van der Waals surface area (Å²) in [6.45, 7) is 4.29. The van der Waals surface area contributed by atoms with Gasteiger partial charge in [0.2, 0.25) is 0 Å². The Morgan fingerprint density at radius 3 is 2.69 bits per heavy atom.